The Morgan fingerprint density at radius 1 is 1.50 bits per heavy atom. The molecule has 0 fully saturated rings. The maximum atomic E-state index is 11.7. The number of amides is 1. The normalized spacial score (nSPS) is 13.0. The van der Waals surface area contributed by atoms with Gasteiger partial charge in [-0.2, -0.15) is 0 Å². The molecule has 0 rings (SSSR count). The molecule has 84 valence electrons. The first-order valence-electron chi connectivity index (χ1n) is 5.14. The molecule has 1 amide bonds. The minimum Gasteiger partial charge on any atom is -0.343 e. The van der Waals surface area contributed by atoms with Gasteiger partial charge in [0.2, 0.25) is 5.91 Å². The summed E-state index contributed by atoms with van der Waals surface area (Å²) in [6, 6.07) is -0.350. The van der Waals surface area contributed by atoms with Crippen molar-refractivity contribution in [3.8, 4) is 0 Å². The molecule has 4 nitrogen and oxygen atoms in total. The maximum absolute atomic E-state index is 11.7. The predicted molar refractivity (Wildman–Crippen MR) is 59.0 cm³/mol. The highest BCUT2D eigenvalue weighted by atomic mass is 16.2. The van der Waals surface area contributed by atoms with Crippen LogP contribution in [0.3, 0.4) is 0 Å². The second-order valence-electron chi connectivity index (χ2n) is 4.10. The third-order valence-electron chi connectivity index (χ3n) is 2.12. The van der Waals surface area contributed by atoms with E-state index in [9.17, 15) is 4.79 Å². The van der Waals surface area contributed by atoms with E-state index in [1.165, 1.54) is 0 Å². The summed E-state index contributed by atoms with van der Waals surface area (Å²) < 4.78 is 0. The molecular weight excluding hydrogens is 178 g/mol. The van der Waals surface area contributed by atoms with Crippen LogP contribution >= 0.6 is 0 Å². The number of rotatable bonds is 6. The Balaban J connectivity index is 3.91. The smallest absolute Gasteiger partial charge is 0.239 e. The second kappa shape index (κ2) is 6.79. The monoisotopic (exact) mass is 201 g/mol. The van der Waals surface area contributed by atoms with E-state index >= 15 is 0 Å². The minimum absolute atomic E-state index is 0.0361. The topological polar surface area (TPSA) is 58.4 Å². The van der Waals surface area contributed by atoms with E-state index in [0.29, 0.717) is 12.5 Å². The number of likely N-dealkylation sites (N-methyl/N-ethyl adjacent to an activating group) is 2. The van der Waals surface area contributed by atoms with E-state index < -0.39 is 0 Å². The van der Waals surface area contributed by atoms with Crippen molar-refractivity contribution in [1.29, 1.82) is 0 Å². The molecule has 0 saturated heterocycles. The summed E-state index contributed by atoms with van der Waals surface area (Å²) in [5.74, 6) is 0.501. The van der Waals surface area contributed by atoms with E-state index in [1.807, 2.05) is 7.05 Å². The van der Waals surface area contributed by atoms with E-state index in [2.05, 4.69) is 19.2 Å². The number of nitrogens with one attached hydrogen (secondary N) is 1. The average Bonchev–Trinajstić information content (AvgIpc) is 2.11. The molecule has 0 heterocycles. The van der Waals surface area contributed by atoms with Crippen LogP contribution < -0.4 is 11.1 Å². The fourth-order valence-corrected chi connectivity index (χ4v) is 1.28. The molecule has 0 spiro atoms. The molecular formula is C10H23N3O. The van der Waals surface area contributed by atoms with E-state index in [4.69, 9.17) is 5.73 Å². The molecule has 3 N–H and O–H groups in total. The highest BCUT2D eigenvalue weighted by Crippen LogP contribution is 2.04. The molecule has 14 heavy (non-hydrogen) atoms. The van der Waals surface area contributed by atoms with Crippen LogP contribution in [0.2, 0.25) is 0 Å². The average molecular weight is 201 g/mol. The van der Waals surface area contributed by atoms with Gasteiger partial charge < -0.3 is 16.0 Å². The predicted octanol–water partition coefficient (Wildman–Crippen LogP) is 0.0376. The van der Waals surface area contributed by atoms with Crippen LogP contribution in [-0.4, -0.2) is 44.0 Å². The standard InChI is InChI=1S/C10H23N3O/c1-8(2)7-9(11)10(14)13(4)6-5-12-3/h8-9,12H,5-7,11H2,1-4H3/t9-/m1/s1. The third kappa shape index (κ3) is 5.19. The van der Waals surface area contributed by atoms with Crippen molar-refractivity contribution in [2.24, 2.45) is 11.7 Å². The SMILES string of the molecule is CNCCN(C)C(=O)[C@H](N)CC(C)C. The summed E-state index contributed by atoms with van der Waals surface area (Å²) in [6.45, 7) is 5.65. The second-order valence-corrected chi connectivity index (χ2v) is 4.10. The van der Waals surface area contributed by atoms with Crippen LogP contribution in [0, 0.1) is 5.92 Å². The zero-order chi connectivity index (χ0) is 11.1. The summed E-state index contributed by atoms with van der Waals surface area (Å²) in [5.41, 5.74) is 5.78. The Morgan fingerprint density at radius 3 is 2.50 bits per heavy atom. The number of carbonyl (C=O) groups excluding carboxylic acids is 1. The van der Waals surface area contributed by atoms with Crippen LogP contribution in [0.25, 0.3) is 0 Å². The van der Waals surface area contributed by atoms with Gasteiger partial charge in [0.15, 0.2) is 0 Å². The fourth-order valence-electron chi connectivity index (χ4n) is 1.28. The van der Waals surface area contributed by atoms with Gasteiger partial charge in [0.05, 0.1) is 6.04 Å². The summed E-state index contributed by atoms with van der Waals surface area (Å²) in [6.07, 6.45) is 0.753. The molecule has 0 aliphatic heterocycles. The number of hydrogen-bond donors (Lipinski definition) is 2. The maximum Gasteiger partial charge on any atom is 0.239 e. The van der Waals surface area contributed by atoms with Gasteiger partial charge in [-0.3, -0.25) is 4.79 Å². The van der Waals surface area contributed by atoms with Crippen molar-refractivity contribution in [3.05, 3.63) is 0 Å². The first-order valence-corrected chi connectivity index (χ1v) is 5.14. The molecule has 0 aromatic carbocycles. The van der Waals surface area contributed by atoms with Gasteiger partial charge >= 0.3 is 0 Å². The van der Waals surface area contributed by atoms with Crippen LogP contribution in [0.4, 0.5) is 0 Å². The quantitative estimate of drug-likeness (QED) is 0.638. The lowest BCUT2D eigenvalue weighted by Crippen LogP contribution is -2.44. The van der Waals surface area contributed by atoms with Gasteiger partial charge in [-0.25, -0.2) is 0 Å². The van der Waals surface area contributed by atoms with Crippen LogP contribution in [-0.2, 0) is 4.79 Å². The third-order valence-corrected chi connectivity index (χ3v) is 2.12. The molecule has 0 aliphatic carbocycles. The zero-order valence-electron chi connectivity index (χ0n) is 9.71. The lowest BCUT2D eigenvalue weighted by Gasteiger charge is -2.22. The van der Waals surface area contributed by atoms with Gasteiger partial charge in [-0.15, -0.1) is 0 Å². The Labute approximate surface area is 86.8 Å². The minimum atomic E-state index is -0.350. The van der Waals surface area contributed by atoms with Crippen molar-refractivity contribution in [2.45, 2.75) is 26.3 Å². The summed E-state index contributed by atoms with van der Waals surface area (Å²) in [4.78, 5) is 13.3. The molecule has 4 heteroatoms. The number of carbonyl (C=O) groups is 1. The molecule has 1 atom stereocenters. The molecule has 0 radical (unpaired) electrons. The lowest BCUT2D eigenvalue weighted by atomic mass is 10.0. The largest absolute Gasteiger partial charge is 0.343 e. The van der Waals surface area contributed by atoms with Crippen LogP contribution in [0.1, 0.15) is 20.3 Å². The summed E-state index contributed by atoms with van der Waals surface area (Å²) >= 11 is 0. The van der Waals surface area contributed by atoms with Crippen molar-refractivity contribution in [2.75, 3.05) is 27.2 Å². The number of hydrogen-bond acceptors (Lipinski definition) is 3. The van der Waals surface area contributed by atoms with E-state index in [-0.39, 0.29) is 11.9 Å². The first kappa shape index (κ1) is 13.4. The molecule has 0 unspecified atom stereocenters. The number of nitrogens with zero attached hydrogens (tertiary/aromatic N) is 1. The van der Waals surface area contributed by atoms with Crippen molar-refractivity contribution >= 4 is 5.91 Å². The molecule has 0 aliphatic rings. The Bertz CT molecular complexity index is 171. The zero-order valence-corrected chi connectivity index (χ0v) is 9.71. The van der Waals surface area contributed by atoms with Crippen molar-refractivity contribution in [1.82, 2.24) is 10.2 Å². The van der Waals surface area contributed by atoms with Gasteiger partial charge in [0, 0.05) is 20.1 Å². The van der Waals surface area contributed by atoms with E-state index in [1.54, 1.807) is 11.9 Å². The highest BCUT2D eigenvalue weighted by Gasteiger charge is 2.18. The first-order chi connectivity index (χ1) is 6.49. The Kier molecular flexibility index (Phi) is 6.49. The van der Waals surface area contributed by atoms with Gasteiger partial charge in [0.1, 0.15) is 0 Å². The van der Waals surface area contributed by atoms with Crippen molar-refractivity contribution in [3.63, 3.8) is 0 Å². The van der Waals surface area contributed by atoms with Crippen LogP contribution in [0.15, 0.2) is 0 Å². The summed E-state index contributed by atoms with van der Waals surface area (Å²) in [5, 5.41) is 3.00. The Hall–Kier alpha value is -0.610. The van der Waals surface area contributed by atoms with Gasteiger partial charge in [-0.1, -0.05) is 13.8 Å². The molecule has 0 aromatic rings. The molecule has 0 bridgehead atoms. The molecule has 0 saturated carbocycles. The Morgan fingerprint density at radius 2 is 2.07 bits per heavy atom. The molecule has 0 aromatic heterocycles. The fraction of sp³-hybridized carbons (Fsp3) is 0.900. The van der Waals surface area contributed by atoms with E-state index in [0.717, 1.165) is 13.0 Å². The van der Waals surface area contributed by atoms with Crippen molar-refractivity contribution < 1.29 is 4.79 Å². The number of nitrogens with two attached hydrogens (primary N) is 1. The lowest BCUT2D eigenvalue weighted by molar-refractivity contribution is -0.131. The highest BCUT2D eigenvalue weighted by molar-refractivity contribution is 5.81. The summed E-state index contributed by atoms with van der Waals surface area (Å²) in [7, 11) is 3.66. The van der Waals surface area contributed by atoms with Crippen LogP contribution in [0.5, 0.6) is 0 Å². The van der Waals surface area contributed by atoms with Gasteiger partial charge in [-0.05, 0) is 19.4 Å². The van der Waals surface area contributed by atoms with Gasteiger partial charge in [0.25, 0.3) is 0 Å².